The standard InChI is InChI=1S/C25H18NO.C17H10NO.Ir/c1-17-16-26-23(15-20(17)13-18-7-3-2-4-8-18)19-11-12-25-22(14-19)21-9-5-6-10-24(21)27-25;1-2-10-16-12(6-1)13-7-5-8-14(17(13)19-16)15-9-3-4-11-18-15;/h2-10,12,14-16H,13H2,1H3;1-7,9-11H;/q2*-1;/i1D3,13D2;;. The Morgan fingerprint density at radius 1 is 0.681 bits per heavy atom. The summed E-state index contributed by atoms with van der Waals surface area (Å²) in [6, 6.07) is 45.6. The first-order chi connectivity index (χ1) is 24.7. The number of rotatable bonds is 4. The summed E-state index contributed by atoms with van der Waals surface area (Å²) in [6.07, 6.45) is 1.02. The van der Waals surface area contributed by atoms with Crippen molar-refractivity contribution in [2.75, 3.05) is 0 Å². The second-order valence-corrected chi connectivity index (χ2v) is 10.7. The van der Waals surface area contributed by atoms with E-state index >= 15 is 0 Å². The van der Waals surface area contributed by atoms with E-state index in [4.69, 9.17) is 15.7 Å². The SMILES string of the molecule is [2H]C([2H])([2H])c1cnc(-c2[c-]cc3oc4ccccc4c3c2)cc1C([2H])([2H])c1ccccc1.[Ir].[c-]1ccc2c(oc3ccccc32)c1-c1ccccn1. The summed E-state index contributed by atoms with van der Waals surface area (Å²) < 4.78 is 53.1. The fourth-order valence-corrected chi connectivity index (χ4v) is 5.59. The van der Waals surface area contributed by atoms with Crippen molar-refractivity contribution in [2.24, 2.45) is 0 Å². The molecule has 0 unspecified atom stereocenters. The zero-order chi connectivity index (χ0) is 35.2. The molecule has 5 heteroatoms. The van der Waals surface area contributed by atoms with Gasteiger partial charge in [-0.15, -0.1) is 42.0 Å². The van der Waals surface area contributed by atoms with Crippen LogP contribution in [-0.4, -0.2) is 9.97 Å². The van der Waals surface area contributed by atoms with E-state index in [1.54, 1.807) is 42.6 Å². The second kappa shape index (κ2) is 13.2. The molecule has 4 aromatic heterocycles. The van der Waals surface area contributed by atoms with Crippen molar-refractivity contribution in [3.63, 3.8) is 0 Å². The normalized spacial score (nSPS) is 13.1. The van der Waals surface area contributed by atoms with Crippen LogP contribution in [0, 0.1) is 19.0 Å². The largest absolute Gasteiger partial charge is 0.501 e. The summed E-state index contributed by atoms with van der Waals surface area (Å²) >= 11 is 0. The second-order valence-electron chi connectivity index (χ2n) is 10.7. The number of nitrogens with zero attached hydrogens (tertiary/aromatic N) is 2. The zero-order valence-corrected chi connectivity index (χ0v) is 27.2. The molecule has 9 rings (SSSR count). The number of furan rings is 2. The Morgan fingerprint density at radius 2 is 1.43 bits per heavy atom. The van der Waals surface area contributed by atoms with Crippen molar-refractivity contribution in [2.45, 2.75) is 13.2 Å². The predicted molar refractivity (Wildman–Crippen MR) is 186 cm³/mol. The minimum absolute atomic E-state index is 0. The molecule has 229 valence electrons. The summed E-state index contributed by atoms with van der Waals surface area (Å²) in [4.78, 5) is 8.74. The number of benzene rings is 5. The topological polar surface area (TPSA) is 52.1 Å². The van der Waals surface area contributed by atoms with Crippen molar-refractivity contribution in [3.05, 3.63) is 169 Å². The van der Waals surface area contributed by atoms with E-state index in [-0.39, 0.29) is 31.2 Å². The van der Waals surface area contributed by atoms with Crippen LogP contribution in [0.25, 0.3) is 66.4 Å². The van der Waals surface area contributed by atoms with Crippen LogP contribution < -0.4 is 0 Å². The first-order valence-electron chi connectivity index (χ1n) is 17.3. The van der Waals surface area contributed by atoms with E-state index in [9.17, 15) is 0 Å². The summed E-state index contributed by atoms with van der Waals surface area (Å²) in [7, 11) is 0. The molecule has 0 fully saturated rings. The Hall–Kier alpha value is -5.35. The first kappa shape index (κ1) is 24.8. The monoisotopic (exact) mass is 790 g/mol. The van der Waals surface area contributed by atoms with Gasteiger partial charge in [-0.3, -0.25) is 0 Å². The number of para-hydroxylation sites is 2. The average Bonchev–Trinajstić information content (AvgIpc) is 3.73. The number of aromatic nitrogens is 2. The molecular formula is C42H28IrN2O2-2. The van der Waals surface area contributed by atoms with Gasteiger partial charge in [-0.2, -0.15) is 0 Å². The Kier molecular flexibility index (Phi) is 6.96. The fourth-order valence-electron chi connectivity index (χ4n) is 5.59. The maximum absolute atomic E-state index is 8.77. The molecule has 1 radical (unpaired) electrons. The summed E-state index contributed by atoms with van der Waals surface area (Å²) in [5, 5.41) is 4.08. The Bertz CT molecular complexity index is 2670. The van der Waals surface area contributed by atoms with Crippen molar-refractivity contribution in [1.82, 2.24) is 9.97 Å². The van der Waals surface area contributed by atoms with Crippen molar-refractivity contribution in [3.8, 4) is 22.5 Å². The van der Waals surface area contributed by atoms with Crippen LogP contribution in [0.4, 0.5) is 0 Å². The molecule has 0 saturated carbocycles. The molecule has 0 bridgehead atoms. The molecule has 0 aliphatic carbocycles. The van der Waals surface area contributed by atoms with Crippen molar-refractivity contribution >= 4 is 43.9 Å². The minimum Gasteiger partial charge on any atom is -0.501 e. The Balaban J connectivity index is 0.000000179. The van der Waals surface area contributed by atoms with Gasteiger partial charge >= 0.3 is 0 Å². The first-order valence-corrected chi connectivity index (χ1v) is 14.8. The molecule has 0 saturated heterocycles. The Morgan fingerprint density at radius 3 is 2.21 bits per heavy atom. The van der Waals surface area contributed by atoms with Crippen LogP contribution in [0.1, 0.15) is 23.5 Å². The average molecular weight is 790 g/mol. The van der Waals surface area contributed by atoms with Crippen LogP contribution in [0.5, 0.6) is 0 Å². The minimum atomic E-state index is -2.50. The van der Waals surface area contributed by atoms with Crippen LogP contribution in [0.2, 0.25) is 0 Å². The zero-order valence-electron chi connectivity index (χ0n) is 29.8. The molecule has 0 aliphatic heterocycles. The molecule has 0 spiro atoms. The van der Waals surface area contributed by atoms with E-state index in [1.165, 1.54) is 12.3 Å². The van der Waals surface area contributed by atoms with Gasteiger partial charge in [0.15, 0.2) is 0 Å². The molecule has 4 heterocycles. The van der Waals surface area contributed by atoms with Gasteiger partial charge in [0, 0.05) is 50.1 Å². The molecule has 47 heavy (non-hydrogen) atoms. The van der Waals surface area contributed by atoms with Crippen molar-refractivity contribution < 1.29 is 35.8 Å². The number of hydrogen-bond acceptors (Lipinski definition) is 4. The molecule has 0 N–H and O–H groups in total. The van der Waals surface area contributed by atoms with Crippen LogP contribution in [-0.2, 0) is 26.5 Å². The molecule has 0 amide bonds. The quantitative estimate of drug-likeness (QED) is 0.167. The van der Waals surface area contributed by atoms with E-state index < -0.39 is 13.2 Å². The predicted octanol–water partition coefficient (Wildman–Crippen LogP) is 10.8. The van der Waals surface area contributed by atoms with Crippen LogP contribution >= 0.6 is 0 Å². The third-order valence-electron chi connectivity index (χ3n) is 7.80. The summed E-state index contributed by atoms with van der Waals surface area (Å²) in [5.74, 6) is 0. The van der Waals surface area contributed by atoms with E-state index in [0.29, 0.717) is 22.4 Å². The maximum atomic E-state index is 8.77. The molecule has 4 nitrogen and oxygen atoms in total. The summed E-state index contributed by atoms with van der Waals surface area (Å²) in [5.41, 5.74) is 6.41. The third-order valence-corrected chi connectivity index (χ3v) is 7.80. The number of aryl methyl sites for hydroxylation is 1. The van der Waals surface area contributed by atoms with Gasteiger partial charge in [0.05, 0.1) is 11.2 Å². The van der Waals surface area contributed by atoms with Gasteiger partial charge in [-0.1, -0.05) is 101 Å². The van der Waals surface area contributed by atoms with E-state index in [1.807, 2.05) is 78.9 Å². The van der Waals surface area contributed by atoms with Crippen LogP contribution in [0.3, 0.4) is 0 Å². The summed E-state index contributed by atoms with van der Waals surface area (Å²) in [6.45, 7) is -2.50. The third kappa shape index (κ3) is 5.99. The maximum Gasteiger partial charge on any atom is 0.120 e. The van der Waals surface area contributed by atoms with Gasteiger partial charge in [0.1, 0.15) is 11.2 Å². The van der Waals surface area contributed by atoms with Crippen LogP contribution in [0.15, 0.2) is 149 Å². The van der Waals surface area contributed by atoms with Gasteiger partial charge in [-0.25, -0.2) is 0 Å². The smallest absolute Gasteiger partial charge is 0.120 e. The molecule has 5 aromatic carbocycles. The van der Waals surface area contributed by atoms with Gasteiger partial charge in [-0.05, 0) is 59.5 Å². The van der Waals surface area contributed by atoms with Gasteiger partial charge in [0.2, 0.25) is 0 Å². The van der Waals surface area contributed by atoms with E-state index in [0.717, 1.165) is 49.6 Å². The molecule has 0 aliphatic rings. The van der Waals surface area contributed by atoms with E-state index in [2.05, 4.69) is 28.2 Å². The Labute approximate surface area is 293 Å². The molecule has 9 aromatic rings. The van der Waals surface area contributed by atoms with Gasteiger partial charge in [0.25, 0.3) is 0 Å². The number of hydrogen-bond donors (Lipinski definition) is 0. The molecular weight excluding hydrogens is 757 g/mol. The molecule has 0 atom stereocenters. The number of pyridine rings is 2. The number of fused-ring (bicyclic) bond motifs is 6. The van der Waals surface area contributed by atoms with Crippen molar-refractivity contribution in [1.29, 1.82) is 0 Å². The fraction of sp³-hybridized carbons (Fsp3) is 0.0476. The van der Waals surface area contributed by atoms with Gasteiger partial charge < -0.3 is 18.8 Å².